The molecule has 1 saturated heterocycles. The highest BCUT2D eigenvalue weighted by Crippen LogP contribution is 2.41. The van der Waals surface area contributed by atoms with Gasteiger partial charge in [-0.25, -0.2) is 4.98 Å². The Morgan fingerprint density at radius 1 is 1.25 bits per heavy atom. The second kappa shape index (κ2) is 4.56. The fourth-order valence-corrected chi connectivity index (χ4v) is 2.73. The van der Waals surface area contributed by atoms with Gasteiger partial charge in [0.1, 0.15) is 0 Å². The highest BCUT2D eigenvalue weighted by atomic mass is 16.5. The first-order valence-electron chi connectivity index (χ1n) is 7.03. The van der Waals surface area contributed by atoms with Gasteiger partial charge in [0.25, 0.3) is 5.56 Å². The topological polar surface area (TPSA) is 71.1 Å². The number of hydrogen-bond acceptors (Lipinski definition) is 5. The second-order valence-electron chi connectivity index (χ2n) is 5.39. The lowest BCUT2D eigenvalue weighted by atomic mass is 10.1. The average molecular weight is 272 g/mol. The Balaban J connectivity index is 1.84. The summed E-state index contributed by atoms with van der Waals surface area (Å²) in [6, 6.07) is 0. The third kappa shape index (κ3) is 1.96. The molecule has 104 valence electrons. The van der Waals surface area contributed by atoms with Crippen molar-refractivity contribution in [2.24, 2.45) is 0 Å². The zero-order valence-electron chi connectivity index (χ0n) is 11.1. The molecule has 0 spiro atoms. The van der Waals surface area contributed by atoms with E-state index in [9.17, 15) is 4.79 Å². The Labute approximate surface area is 115 Å². The summed E-state index contributed by atoms with van der Waals surface area (Å²) in [7, 11) is 0. The van der Waals surface area contributed by atoms with Gasteiger partial charge in [0.2, 0.25) is 5.95 Å². The van der Waals surface area contributed by atoms with Crippen LogP contribution in [0.4, 0.5) is 5.95 Å². The minimum Gasteiger partial charge on any atom is -0.378 e. The molecule has 4 rings (SSSR count). The molecule has 2 aromatic rings. The fraction of sp³-hybridized carbons (Fsp3) is 0.500. The van der Waals surface area contributed by atoms with Gasteiger partial charge in [-0.1, -0.05) is 0 Å². The van der Waals surface area contributed by atoms with E-state index in [0.29, 0.717) is 36.0 Å². The van der Waals surface area contributed by atoms with Crippen LogP contribution in [0.2, 0.25) is 0 Å². The molecule has 1 N–H and O–H groups in total. The zero-order valence-corrected chi connectivity index (χ0v) is 11.1. The van der Waals surface area contributed by atoms with Crippen molar-refractivity contribution < 1.29 is 4.74 Å². The molecule has 0 amide bonds. The van der Waals surface area contributed by atoms with Gasteiger partial charge in [0.05, 0.1) is 30.3 Å². The summed E-state index contributed by atoms with van der Waals surface area (Å²) in [5.74, 6) is 1.11. The average Bonchev–Trinajstić information content (AvgIpc) is 3.32. The second-order valence-corrected chi connectivity index (χ2v) is 5.39. The van der Waals surface area contributed by atoms with Gasteiger partial charge in [0, 0.05) is 19.3 Å². The minimum atomic E-state index is -0.0548. The molecule has 2 aromatic heterocycles. The highest BCUT2D eigenvalue weighted by molar-refractivity contribution is 5.82. The number of ether oxygens (including phenoxy) is 1. The zero-order chi connectivity index (χ0) is 13.5. The monoisotopic (exact) mass is 272 g/mol. The lowest BCUT2D eigenvalue weighted by molar-refractivity contribution is 0.122. The molecule has 1 aliphatic carbocycles. The molecule has 2 aliphatic rings. The van der Waals surface area contributed by atoms with E-state index in [1.165, 1.54) is 0 Å². The van der Waals surface area contributed by atoms with Gasteiger partial charge in [0.15, 0.2) is 0 Å². The molecule has 0 bridgehead atoms. The first-order valence-corrected chi connectivity index (χ1v) is 7.03. The van der Waals surface area contributed by atoms with Crippen molar-refractivity contribution in [3.05, 3.63) is 28.3 Å². The summed E-state index contributed by atoms with van der Waals surface area (Å²) in [6.07, 6.45) is 5.78. The molecule has 6 nitrogen and oxygen atoms in total. The third-order valence-electron chi connectivity index (χ3n) is 3.96. The Morgan fingerprint density at radius 2 is 2.05 bits per heavy atom. The Bertz CT molecular complexity index is 702. The van der Waals surface area contributed by atoms with E-state index in [1.54, 1.807) is 6.20 Å². The Hall–Kier alpha value is -1.95. The lowest BCUT2D eigenvalue weighted by Gasteiger charge is -2.27. The number of nitrogens with zero attached hydrogens (tertiary/aromatic N) is 3. The standard InChI is InChI=1S/C14H16N4O2/c19-13-12-10(9-1-2-9)7-15-8-11(12)16-14(17-13)18-3-5-20-6-4-18/h7-9H,1-6H2,(H,16,17,19). The van der Waals surface area contributed by atoms with E-state index < -0.39 is 0 Å². The molecule has 0 aromatic carbocycles. The van der Waals surface area contributed by atoms with Gasteiger partial charge in [-0.2, -0.15) is 0 Å². The smallest absolute Gasteiger partial charge is 0.260 e. The maximum absolute atomic E-state index is 12.4. The molecule has 1 saturated carbocycles. The van der Waals surface area contributed by atoms with Crippen molar-refractivity contribution in [1.29, 1.82) is 0 Å². The highest BCUT2D eigenvalue weighted by Gasteiger charge is 2.27. The number of aromatic nitrogens is 3. The van der Waals surface area contributed by atoms with Gasteiger partial charge in [-0.3, -0.25) is 14.8 Å². The summed E-state index contributed by atoms with van der Waals surface area (Å²) >= 11 is 0. The van der Waals surface area contributed by atoms with Crippen molar-refractivity contribution in [3.63, 3.8) is 0 Å². The largest absolute Gasteiger partial charge is 0.378 e. The van der Waals surface area contributed by atoms with E-state index in [-0.39, 0.29) is 5.56 Å². The number of pyridine rings is 1. The number of anilines is 1. The van der Waals surface area contributed by atoms with E-state index >= 15 is 0 Å². The number of aromatic amines is 1. The van der Waals surface area contributed by atoms with Crippen molar-refractivity contribution >= 4 is 16.9 Å². The van der Waals surface area contributed by atoms with Crippen LogP contribution in [0.3, 0.4) is 0 Å². The number of fused-ring (bicyclic) bond motifs is 1. The quantitative estimate of drug-likeness (QED) is 0.884. The molecule has 3 heterocycles. The maximum atomic E-state index is 12.4. The Kier molecular flexibility index (Phi) is 2.70. The number of hydrogen-bond donors (Lipinski definition) is 1. The summed E-state index contributed by atoms with van der Waals surface area (Å²) in [6.45, 7) is 2.85. The van der Waals surface area contributed by atoms with Crippen LogP contribution >= 0.6 is 0 Å². The fourth-order valence-electron chi connectivity index (χ4n) is 2.73. The Morgan fingerprint density at radius 3 is 2.80 bits per heavy atom. The van der Waals surface area contributed by atoms with Crippen LogP contribution in [-0.2, 0) is 4.74 Å². The van der Waals surface area contributed by atoms with Crippen LogP contribution in [0.5, 0.6) is 0 Å². The maximum Gasteiger partial charge on any atom is 0.260 e. The first kappa shape index (κ1) is 11.8. The van der Waals surface area contributed by atoms with Gasteiger partial charge in [-0.15, -0.1) is 0 Å². The van der Waals surface area contributed by atoms with Crippen molar-refractivity contribution in [2.75, 3.05) is 31.2 Å². The van der Waals surface area contributed by atoms with E-state index in [1.807, 2.05) is 11.1 Å². The SMILES string of the molecule is O=c1[nH]c(N2CCOCC2)nc2cncc(C3CC3)c12. The molecule has 20 heavy (non-hydrogen) atoms. The normalized spacial score (nSPS) is 19.5. The molecule has 6 heteroatoms. The van der Waals surface area contributed by atoms with Gasteiger partial charge < -0.3 is 9.64 Å². The molecule has 0 unspecified atom stereocenters. The molecular formula is C14H16N4O2. The molecular weight excluding hydrogens is 256 g/mol. The predicted molar refractivity (Wildman–Crippen MR) is 75.2 cm³/mol. The lowest BCUT2D eigenvalue weighted by Crippen LogP contribution is -2.38. The van der Waals surface area contributed by atoms with Crippen LogP contribution in [0.1, 0.15) is 24.3 Å². The number of rotatable bonds is 2. The third-order valence-corrected chi connectivity index (χ3v) is 3.96. The van der Waals surface area contributed by atoms with E-state index in [0.717, 1.165) is 31.5 Å². The van der Waals surface area contributed by atoms with Crippen molar-refractivity contribution in [2.45, 2.75) is 18.8 Å². The van der Waals surface area contributed by atoms with E-state index in [4.69, 9.17) is 4.74 Å². The number of morpholine rings is 1. The summed E-state index contributed by atoms with van der Waals surface area (Å²) in [5, 5.41) is 0.708. The van der Waals surface area contributed by atoms with Crippen LogP contribution in [0, 0.1) is 0 Å². The molecule has 2 fully saturated rings. The van der Waals surface area contributed by atoms with Crippen LogP contribution in [-0.4, -0.2) is 41.3 Å². The molecule has 0 atom stereocenters. The van der Waals surface area contributed by atoms with Crippen LogP contribution in [0.15, 0.2) is 17.2 Å². The molecule has 1 aliphatic heterocycles. The number of H-pyrrole nitrogens is 1. The van der Waals surface area contributed by atoms with Crippen molar-refractivity contribution in [1.82, 2.24) is 15.0 Å². The number of nitrogens with one attached hydrogen (secondary N) is 1. The van der Waals surface area contributed by atoms with E-state index in [2.05, 4.69) is 15.0 Å². The summed E-state index contributed by atoms with van der Waals surface area (Å²) in [4.78, 5) is 26.2. The molecule has 0 radical (unpaired) electrons. The van der Waals surface area contributed by atoms with Crippen LogP contribution < -0.4 is 10.5 Å². The summed E-state index contributed by atoms with van der Waals surface area (Å²) in [5.41, 5.74) is 1.69. The minimum absolute atomic E-state index is 0.0548. The van der Waals surface area contributed by atoms with Crippen molar-refractivity contribution in [3.8, 4) is 0 Å². The predicted octanol–water partition coefficient (Wildman–Crippen LogP) is 1.03. The summed E-state index contributed by atoms with van der Waals surface area (Å²) < 4.78 is 5.32. The van der Waals surface area contributed by atoms with Gasteiger partial charge in [-0.05, 0) is 24.3 Å². The first-order chi connectivity index (χ1) is 9.83. The van der Waals surface area contributed by atoms with Gasteiger partial charge >= 0.3 is 0 Å². The van der Waals surface area contributed by atoms with Crippen LogP contribution in [0.25, 0.3) is 10.9 Å².